The molecule has 1 N–H and O–H groups in total. The number of carbonyl (C=O) groups excluding carboxylic acids is 3. The number of imide groups is 1. The molecular formula is C18H21NO5S. The van der Waals surface area contributed by atoms with Crippen LogP contribution in [-0.2, 0) is 9.59 Å². The van der Waals surface area contributed by atoms with Gasteiger partial charge < -0.3 is 9.84 Å². The van der Waals surface area contributed by atoms with Crippen molar-refractivity contribution in [3.05, 3.63) is 29.8 Å². The van der Waals surface area contributed by atoms with Gasteiger partial charge in [0.05, 0.1) is 12.0 Å². The van der Waals surface area contributed by atoms with E-state index in [9.17, 15) is 19.5 Å². The summed E-state index contributed by atoms with van der Waals surface area (Å²) in [6.45, 7) is 1.35. The van der Waals surface area contributed by atoms with Gasteiger partial charge in [0.25, 0.3) is 0 Å². The summed E-state index contributed by atoms with van der Waals surface area (Å²) < 4.78 is 5.50. The highest BCUT2D eigenvalue weighted by Gasteiger charge is 2.53. The number of ketones is 1. The molecule has 0 aromatic heterocycles. The molecule has 0 saturated carbocycles. The van der Waals surface area contributed by atoms with Crippen LogP contribution in [0.1, 0.15) is 30.1 Å². The number of amides is 2. The summed E-state index contributed by atoms with van der Waals surface area (Å²) in [7, 11) is 0. The smallest absolute Gasteiger partial charge is 0.236 e. The Bertz CT molecular complexity index is 698. The minimum Gasteiger partial charge on any atom is -0.491 e. The van der Waals surface area contributed by atoms with E-state index in [4.69, 9.17) is 4.74 Å². The van der Waals surface area contributed by atoms with Gasteiger partial charge in [0.15, 0.2) is 5.78 Å². The molecule has 0 aliphatic carbocycles. The van der Waals surface area contributed by atoms with Gasteiger partial charge in [-0.3, -0.25) is 19.3 Å². The van der Waals surface area contributed by atoms with Crippen molar-refractivity contribution in [2.45, 2.75) is 25.9 Å². The SMILES string of the molecule is CC(=O)c1cccc(OC[C@H](O)CN2C(=O)C[C@@]3(CCSC3)C2=O)c1. The average molecular weight is 363 g/mol. The van der Waals surface area contributed by atoms with Gasteiger partial charge in [-0.15, -0.1) is 0 Å². The van der Waals surface area contributed by atoms with Gasteiger partial charge in [0.1, 0.15) is 18.5 Å². The topological polar surface area (TPSA) is 83.9 Å². The first-order valence-electron chi connectivity index (χ1n) is 8.26. The summed E-state index contributed by atoms with van der Waals surface area (Å²) in [6, 6.07) is 6.68. The van der Waals surface area contributed by atoms with Crippen LogP contribution in [0.3, 0.4) is 0 Å². The molecule has 6 nitrogen and oxygen atoms in total. The summed E-state index contributed by atoms with van der Waals surface area (Å²) >= 11 is 1.69. The summed E-state index contributed by atoms with van der Waals surface area (Å²) in [5, 5.41) is 10.2. The molecule has 0 unspecified atom stereocenters. The average Bonchev–Trinajstić information content (AvgIpc) is 3.14. The van der Waals surface area contributed by atoms with Crippen molar-refractivity contribution in [2.24, 2.45) is 5.41 Å². The minimum atomic E-state index is -0.974. The van der Waals surface area contributed by atoms with Gasteiger partial charge in [-0.1, -0.05) is 12.1 Å². The van der Waals surface area contributed by atoms with Crippen LogP contribution >= 0.6 is 11.8 Å². The Morgan fingerprint density at radius 2 is 2.24 bits per heavy atom. The Hall–Kier alpha value is -1.86. The quantitative estimate of drug-likeness (QED) is 0.609. The number of nitrogens with zero attached hydrogens (tertiary/aromatic N) is 1. The van der Waals surface area contributed by atoms with Crippen LogP contribution in [0.5, 0.6) is 5.75 Å². The first-order valence-corrected chi connectivity index (χ1v) is 9.41. The molecule has 1 aromatic carbocycles. The van der Waals surface area contributed by atoms with Crippen LogP contribution in [0.25, 0.3) is 0 Å². The zero-order chi connectivity index (χ0) is 18.0. The number of hydrogen-bond donors (Lipinski definition) is 1. The molecule has 2 saturated heterocycles. The maximum Gasteiger partial charge on any atom is 0.236 e. The highest BCUT2D eigenvalue weighted by molar-refractivity contribution is 7.99. The zero-order valence-electron chi connectivity index (χ0n) is 14.1. The lowest BCUT2D eigenvalue weighted by molar-refractivity contribution is -0.142. The standard InChI is InChI=1S/C18H21NO5S/c1-12(20)13-3-2-4-15(7-13)24-10-14(21)9-19-16(22)8-18(17(19)23)5-6-25-11-18/h2-4,7,14,21H,5-6,8-11H2,1H3/t14-,18-/m1/s1. The van der Waals surface area contributed by atoms with E-state index in [-0.39, 0.29) is 37.2 Å². The highest BCUT2D eigenvalue weighted by Crippen LogP contribution is 2.44. The lowest BCUT2D eigenvalue weighted by Gasteiger charge is -2.22. The number of Topliss-reactive ketones (excluding diaryl/α,β-unsaturated/α-hetero) is 1. The number of carbonyl (C=O) groups is 3. The number of benzene rings is 1. The Labute approximate surface area is 150 Å². The number of thioether (sulfide) groups is 1. The lowest BCUT2D eigenvalue weighted by atomic mass is 9.86. The Morgan fingerprint density at radius 3 is 2.92 bits per heavy atom. The highest BCUT2D eigenvalue weighted by atomic mass is 32.2. The number of hydrogen-bond acceptors (Lipinski definition) is 6. The van der Waals surface area contributed by atoms with Gasteiger partial charge in [-0.05, 0) is 31.2 Å². The summed E-state index contributed by atoms with van der Waals surface area (Å²) in [4.78, 5) is 37.3. The largest absolute Gasteiger partial charge is 0.491 e. The summed E-state index contributed by atoms with van der Waals surface area (Å²) in [6.07, 6.45) is -0.00550. The number of likely N-dealkylation sites (tertiary alicyclic amines) is 1. The molecule has 7 heteroatoms. The molecule has 0 bridgehead atoms. The molecule has 1 aromatic rings. The summed E-state index contributed by atoms with van der Waals surface area (Å²) in [5.74, 6) is 1.59. The van der Waals surface area contributed by atoms with Crippen molar-refractivity contribution in [3.8, 4) is 5.75 Å². The van der Waals surface area contributed by atoms with Crippen LogP contribution in [0.2, 0.25) is 0 Å². The first-order chi connectivity index (χ1) is 11.9. The molecule has 0 radical (unpaired) electrons. The van der Waals surface area contributed by atoms with Crippen LogP contribution in [-0.4, -0.2) is 58.4 Å². The molecule has 2 aliphatic rings. The third-order valence-electron chi connectivity index (χ3n) is 4.67. The molecule has 134 valence electrons. The normalized spacial score (nSPS) is 24.2. The molecule has 2 heterocycles. The van der Waals surface area contributed by atoms with E-state index >= 15 is 0 Å². The van der Waals surface area contributed by atoms with Gasteiger partial charge in [-0.2, -0.15) is 11.8 Å². The van der Waals surface area contributed by atoms with E-state index in [2.05, 4.69) is 0 Å². The molecule has 3 rings (SSSR count). The third-order valence-corrected chi connectivity index (χ3v) is 5.92. The summed E-state index contributed by atoms with van der Waals surface area (Å²) in [5.41, 5.74) is -0.0319. The lowest BCUT2D eigenvalue weighted by Crippen LogP contribution is -2.41. The first kappa shape index (κ1) is 17.9. The maximum atomic E-state index is 12.6. The van der Waals surface area contributed by atoms with Crippen molar-refractivity contribution in [1.29, 1.82) is 0 Å². The Balaban J connectivity index is 1.57. The number of β-amino-alcohol motifs (C(OH)–C–C–N with tert-alkyl or cyclic N) is 1. The number of ether oxygens (including phenoxy) is 1. The Morgan fingerprint density at radius 1 is 1.44 bits per heavy atom. The van der Waals surface area contributed by atoms with Crippen LogP contribution in [0.4, 0.5) is 0 Å². The molecule has 2 aliphatic heterocycles. The molecular weight excluding hydrogens is 342 g/mol. The van der Waals surface area contributed by atoms with Crippen molar-refractivity contribution in [2.75, 3.05) is 24.7 Å². The maximum absolute atomic E-state index is 12.6. The minimum absolute atomic E-state index is 0.0554. The van der Waals surface area contributed by atoms with Crippen molar-refractivity contribution < 1.29 is 24.2 Å². The predicted molar refractivity (Wildman–Crippen MR) is 93.7 cm³/mol. The molecule has 1 spiro atoms. The van der Waals surface area contributed by atoms with E-state index in [1.165, 1.54) is 11.8 Å². The molecule has 2 atom stereocenters. The second-order valence-corrected chi connectivity index (χ2v) is 7.72. The van der Waals surface area contributed by atoms with Crippen molar-refractivity contribution in [1.82, 2.24) is 4.90 Å². The van der Waals surface area contributed by atoms with Gasteiger partial charge in [0.2, 0.25) is 11.8 Å². The van der Waals surface area contributed by atoms with Gasteiger partial charge >= 0.3 is 0 Å². The zero-order valence-corrected chi connectivity index (χ0v) is 14.9. The van der Waals surface area contributed by atoms with E-state index < -0.39 is 11.5 Å². The van der Waals surface area contributed by atoms with E-state index in [1.807, 2.05) is 0 Å². The van der Waals surface area contributed by atoms with Gasteiger partial charge in [-0.25, -0.2) is 0 Å². The van der Waals surface area contributed by atoms with Crippen LogP contribution < -0.4 is 4.74 Å². The second-order valence-electron chi connectivity index (χ2n) is 6.62. The number of aliphatic hydroxyl groups is 1. The monoisotopic (exact) mass is 363 g/mol. The fourth-order valence-electron chi connectivity index (χ4n) is 3.22. The van der Waals surface area contributed by atoms with Crippen LogP contribution in [0, 0.1) is 5.41 Å². The van der Waals surface area contributed by atoms with Crippen LogP contribution in [0.15, 0.2) is 24.3 Å². The van der Waals surface area contributed by atoms with E-state index in [0.29, 0.717) is 17.1 Å². The Kier molecular flexibility index (Phi) is 5.15. The van der Waals surface area contributed by atoms with E-state index in [0.717, 1.165) is 12.2 Å². The second kappa shape index (κ2) is 7.17. The molecule has 25 heavy (non-hydrogen) atoms. The number of aliphatic hydroxyl groups excluding tert-OH is 1. The van der Waals surface area contributed by atoms with Gasteiger partial charge in [0, 0.05) is 17.7 Å². The molecule has 2 amide bonds. The number of rotatable bonds is 6. The fourth-order valence-corrected chi connectivity index (χ4v) is 4.66. The van der Waals surface area contributed by atoms with E-state index in [1.54, 1.807) is 36.0 Å². The molecule has 2 fully saturated rings. The van der Waals surface area contributed by atoms with Crippen molar-refractivity contribution in [3.63, 3.8) is 0 Å². The fraction of sp³-hybridized carbons (Fsp3) is 0.500. The van der Waals surface area contributed by atoms with Crippen molar-refractivity contribution >= 4 is 29.4 Å². The predicted octanol–water partition coefficient (Wildman–Crippen LogP) is 1.51. The third kappa shape index (κ3) is 3.72.